The van der Waals surface area contributed by atoms with Gasteiger partial charge >= 0.3 is 0 Å². The molecule has 2 aliphatic rings. The highest BCUT2D eigenvalue weighted by Crippen LogP contribution is 2.41. The number of hydrogen-bond donors (Lipinski definition) is 0. The van der Waals surface area contributed by atoms with Gasteiger partial charge in [0, 0.05) is 31.8 Å². The van der Waals surface area contributed by atoms with Gasteiger partial charge in [-0.1, -0.05) is 30.3 Å². The van der Waals surface area contributed by atoms with Crippen LogP contribution in [0.15, 0.2) is 41.1 Å². The molecular weight excluding hydrogens is 342 g/mol. The minimum absolute atomic E-state index is 0.352. The van der Waals surface area contributed by atoms with E-state index < -0.39 is 0 Å². The van der Waals surface area contributed by atoms with Gasteiger partial charge in [-0.2, -0.15) is 4.98 Å². The molecule has 0 N–H and O–H groups in total. The van der Waals surface area contributed by atoms with Gasteiger partial charge in [-0.05, 0) is 30.0 Å². The zero-order valence-electron chi connectivity index (χ0n) is 15.3. The molecule has 3 aromatic rings. The Bertz CT molecular complexity index is 948. The Kier molecular flexibility index (Phi) is 3.89. The molecule has 5 rings (SSSR count). The summed E-state index contributed by atoms with van der Waals surface area (Å²) in [5.41, 5.74) is 2.92. The van der Waals surface area contributed by atoms with E-state index in [4.69, 9.17) is 14.2 Å². The molecule has 1 spiro atoms. The van der Waals surface area contributed by atoms with Gasteiger partial charge in [-0.3, -0.25) is 0 Å². The third-order valence-corrected chi connectivity index (χ3v) is 5.45. The van der Waals surface area contributed by atoms with Crippen LogP contribution in [0.4, 0.5) is 5.95 Å². The van der Waals surface area contributed by atoms with Crippen molar-refractivity contribution in [2.45, 2.75) is 31.8 Å². The molecule has 1 saturated heterocycles. The Balaban J connectivity index is 1.45. The van der Waals surface area contributed by atoms with Crippen LogP contribution in [0.5, 0.6) is 0 Å². The Labute approximate surface area is 157 Å². The van der Waals surface area contributed by atoms with Crippen molar-refractivity contribution in [1.82, 2.24) is 20.1 Å². The fraction of sp³-hybridized carbons (Fsp3) is 0.400. The van der Waals surface area contributed by atoms with Gasteiger partial charge in [0.25, 0.3) is 5.95 Å². The number of aryl methyl sites for hydroxylation is 1. The molecule has 0 atom stereocenters. The molecular formula is C20H21N5O2. The summed E-state index contributed by atoms with van der Waals surface area (Å²) in [4.78, 5) is 16.1. The van der Waals surface area contributed by atoms with Crippen LogP contribution >= 0.6 is 0 Å². The number of ether oxygens (including phenoxy) is 1. The van der Waals surface area contributed by atoms with Crippen molar-refractivity contribution in [2.24, 2.45) is 0 Å². The molecule has 7 nitrogen and oxygen atoms in total. The summed E-state index contributed by atoms with van der Waals surface area (Å²) >= 11 is 0. The Morgan fingerprint density at radius 2 is 1.89 bits per heavy atom. The van der Waals surface area contributed by atoms with Gasteiger partial charge in [-0.15, -0.1) is 0 Å². The second kappa shape index (κ2) is 6.42. The summed E-state index contributed by atoms with van der Waals surface area (Å²) in [5, 5.41) is 4.04. The monoisotopic (exact) mass is 363 g/mol. The topological polar surface area (TPSA) is 77.2 Å². The van der Waals surface area contributed by atoms with E-state index in [2.05, 4.69) is 20.0 Å². The van der Waals surface area contributed by atoms with Gasteiger partial charge in [0.1, 0.15) is 5.60 Å². The second-order valence-electron chi connectivity index (χ2n) is 7.13. The number of rotatable bonds is 2. The quantitative estimate of drug-likeness (QED) is 0.693. The van der Waals surface area contributed by atoms with Crippen LogP contribution in [-0.2, 0) is 16.8 Å². The van der Waals surface area contributed by atoms with E-state index in [0.29, 0.717) is 18.4 Å². The zero-order valence-corrected chi connectivity index (χ0v) is 15.3. The Morgan fingerprint density at radius 3 is 2.63 bits per heavy atom. The Hall–Kier alpha value is -2.80. The normalized spacial score (nSPS) is 18.5. The number of fused-ring (bicyclic) bond motifs is 2. The average molecular weight is 363 g/mol. The first-order valence-corrected chi connectivity index (χ1v) is 9.35. The van der Waals surface area contributed by atoms with Crippen molar-refractivity contribution in [3.8, 4) is 11.4 Å². The third-order valence-electron chi connectivity index (χ3n) is 5.45. The number of hydrogen-bond acceptors (Lipinski definition) is 7. The van der Waals surface area contributed by atoms with Crippen molar-refractivity contribution in [3.05, 3.63) is 53.7 Å². The van der Waals surface area contributed by atoms with Crippen molar-refractivity contribution in [3.63, 3.8) is 0 Å². The summed E-state index contributed by atoms with van der Waals surface area (Å²) in [6.45, 7) is 4.14. The highest BCUT2D eigenvalue weighted by atomic mass is 16.5. The average Bonchev–Trinajstić information content (AvgIpc) is 3.16. The van der Waals surface area contributed by atoms with Crippen molar-refractivity contribution >= 4 is 5.95 Å². The molecule has 0 aliphatic carbocycles. The molecule has 0 bridgehead atoms. The molecule has 0 saturated carbocycles. The number of nitrogens with zero attached hydrogens (tertiary/aromatic N) is 5. The van der Waals surface area contributed by atoms with Gasteiger partial charge in [0.05, 0.1) is 12.3 Å². The lowest BCUT2D eigenvalue weighted by Crippen LogP contribution is -2.47. The lowest BCUT2D eigenvalue weighted by molar-refractivity contribution is -0.0802. The first-order chi connectivity index (χ1) is 13.2. The first-order valence-electron chi connectivity index (χ1n) is 9.35. The standard InChI is InChI=1S/C20H21N5O2/c1-14-22-19(24-27-14)25-10-8-20(9-11-25)17-16(7-12-26-20)13-21-18(23-17)15-5-3-2-4-6-15/h2-6,13H,7-12H2,1H3. The summed E-state index contributed by atoms with van der Waals surface area (Å²) in [7, 11) is 0. The van der Waals surface area contributed by atoms with E-state index in [1.807, 2.05) is 43.5 Å². The van der Waals surface area contributed by atoms with Crippen LogP contribution in [-0.4, -0.2) is 39.8 Å². The maximum Gasteiger partial charge on any atom is 0.266 e. The molecule has 1 aromatic carbocycles. The minimum Gasteiger partial charge on any atom is -0.368 e. The van der Waals surface area contributed by atoms with Crippen LogP contribution in [0.1, 0.15) is 30.0 Å². The van der Waals surface area contributed by atoms with Gasteiger partial charge < -0.3 is 14.2 Å². The molecule has 27 heavy (non-hydrogen) atoms. The number of piperidine rings is 1. The predicted octanol–water partition coefficient (Wildman–Crippen LogP) is 2.90. The first kappa shape index (κ1) is 16.4. The molecule has 1 fully saturated rings. The Morgan fingerprint density at radius 1 is 1.07 bits per heavy atom. The third kappa shape index (κ3) is 2.88. The van der Waals surface area contributed by atoms with Crippen molar-refractivity contribution < 1.29 is 9.26 Å². The molecule has 2 aromatic heterocycles. The fourth-order valence-corrected chi connectivity index (χ4v) is 4.00. The lowest BCUT2D eigenvalue weighted by atomic mass is 9.83. The summed E-state index contributed by atoms with van der Waals surface area (Å²) < 4.78 is 11.5. The summed E-state index contributed by atoms with van der Waals surface area (Å²) in [6.07, 6.45) is 4.53. The number of anilines is 1. The molecule has 138 valence electrons. The van der Waals surface area contributed by atoms with Crippen LogP contribution < -0.4 is 4.90 Å². The molecule has 0 unspecified atom stereocenters. The van der Waals surface area contributed by atoms with Gasteiger partial charge in [0.15, 0.2) is 5.82 Å². The van der Waals surface area contributed by atoms with Crippen LogP contribution in [0.25, 0.3) is 11.4 Å². The number of aromatic nitrogens is 4. The minimum atomic E-state index is -0.352. The smallest absolute Gasteiger partial charge is 0.266 e. The fourth-order valence-electron chi connectivity index (χ4n) is 4.00. The lowest BCUT2D eigenvalue weighted by Gasteiger charge is -2.43. The van der Waals surface area contributed by atoms with E-state index in [9.17, 15) is 0 Å². The molecule has 7 heteroatoms. The maximum atomic E-state index is 6.33. The predicted molar refractivity (Wildman–Crippen MR) is 99.3 cm³/mol. The van der Waals surface area contributed by atoms with Crippen LogP contribution in [0.2, 0.25) is 0 Å². The van der Waals surface area contributed by atoms with E-state index in [-0.39, 0.29) is 5.60 Å². The van der Waals surface area contributed by atoms with E-state index >= 15 is 0 Å². The van der Waals surface area contributed by atoms with Crippen LogP contribution in [0, 0.1) is 6.92 Å². The summed E-state index contributed by atoms with van der Waals surface area (Å²) in [5.74, 6) is 2.01. The van der Waals surface area contributed by atoms with Gasteiger partial charge in [0.2, 0.25) is 5.89 Å². The second-order valence-corrected chi connectivity index (χ2v) is 7.13. The van der Waals surface area contributed by atoms with Gasteiger partial charge in [-0.25, -0.2) is 9.97 Å². The zero-order chi connectivity index (χ0) is 18.3. The molecule has 0 amide bonds. The van der Waals surface area contributed by atoms with E-state index in [1.165, 1.54) is 5.56 Å². The molecule has 2 aliphatic heterocycles. The maximum absolute atomic E-state index is 6.33. The SMILES string of the molecule is Cc1nc(N2CCC3(CC2)OCCc2cnc(-c4ccccc4)nc23)no1. The number of benzene rings is 1. The highest BCUT2D eigenvalue weighted by Gasteiger charge is 2.43. The summed E-state index contributed by atoms with van der Waals surface area (Å²) in [6, 6.07) is 10.1. The van der Waals surface area contributed by atoms with Crippen LogP contribution in [0.3, 0.4) is 0 Å². The molecule has 0 radical (unpaired) electrons. The van der Waals surface area contributed by atoms with E-state index in [0.717, 1.165) is 49.4 Å². The van der Waals surface area contributed by atoms with Crippen molar-refractivity contribution in [2.75, 3.05) is 24.6 Å². The van der Waals surface area contributed by atoms with E-state index in [1.54, 1.807) is 0 Å². The molecule has 4 heterocycles. The van der Waals surface area contributed by atoms with Crippen molar-refractivity contribution in [1.29, 1.82) is 0 Å². The highest BCUT2D eigenvalue weighted by molar-refractivity contribution is 5.55. The largest absolute Gasteiger partial charge is 0.368 e.